The summed E-state index contributed by atoms with van der Waals surface area (Å²) in [7, 11) is 0. The summed E-state index contributed by atoms with van der Waals surface area (Å²) in [5.41, 5.74) is 8.38. The molecule has 88 valence electrons. The van der Waals surface area contributed by atoms with Crippen molar-refractivity contribution in [1.29, 1.82) is 0 Å². The van der Waals surface area contributed by atoms with Crippen molar-refractivity contribution < 1.29 is 5.11 Å². The van der Waals surface area contributed by atoms with Crippen LogP contribution < -0.4 is 5.56 Å². The van der Waals surface area contributed by atoms with Crippen molar-refractivity contribution in [3.8, 4) is 0 Å². The fourth-order valence-corrected chi connectivity index (χ4v) is 1.52. The highest BCUT2D eigenvalue weighted by atomic mass is 16.3. The van der Waals surface area contributed by atoms with Crippen molar-refractivity contribution in [1.82, 2.24) is 14.5 Å². The summed E-state index contributed by atoms with van der Waals surface area (Å²) in [6.07, 6.45) is 2.07. The van der Waals surface area contributed by atoms with Crippen LogP contribution in [-0.2, 0) is 6.54 Å². The van der Waals surface area contributed by atoms with Gasteiger partial charge in [0, 0.05) is 11.1 Å². The van der Waals surface area contributed by atoms with Gasteiger partial charge < -0.3 is 10.1 Å². The van der Waals surface area contributed by atoms with E-state index in [4.69, 9.17) is 5.53 Å². The lowest BCUT2D eigenvalue weighted by Crippen LogP contribution is -2.28. The lowest BCUT2D eigenvalue weighted by atomic mass is 10.3. The van der Waals surface area contributed by atoms with Crippen LogP contribution >= 0.6 is 0 Å². The standard InChI is InChI=1S/C9H10N6O2/c10-14-13-3-6(16)4-15-5-12-8-7(9(15)17)1-2-11-8/h1-2,5-6,11,16H,3-4H2. The van der Waals surface area contributed by atoms with Crippen LogP contribution in [0.25, 0.3) is 21.5 Å². The monoisotopic (exact) mass is 234 g/mol. The second-order valence-corrected chi connectivity index (χ2v) is 3.51. The van der Waals surface area contributed by atoms with Crippen LogP contribution in [0, 0.1) is 0 Å². The van der Waals surface area contributed by atoms with Gasteiger partial charge in [-0.1, -0.05) is 5.11 Å². The van der Waals surface area contributed by atoms with E-state index in [1.807, 2.05) is 0 Å². The molecule has 0 saturated heterocycles. The van der Waals surface area contributed by atoms with E-state index in [0.29, 0.717) is 11.0 Å². The molecule has 2 aromatic rings. The van der Waals surface area contributed by atoms with Crippen LogP contribution in [0.5, 0.6) is 0 Å². The van der Waals surface area contributed by atoms with Gasteiger partial charge in [0.15, 0.2) is 0 Å². The number of nitrogens with one attached hydrogen (secondary N) is 1. The molecule has 2 N–H and O–H groups in total. The van der Waals surface area contributed by atoms with Crippen LogP contribution in [0.3, 0.4) is 0 Å². The summed E-state index contributed by atoms with van der Waals surface area (Å²) >= 11 is 0. The molecule has 0 amide bonds. The summed E-state index contributed by atoms with van der Waals surface area (Å²) in [5, 5.41) is 13.2. The first-order valence-electron chi connectivity index (χ1n) is 4.94. The van der Waals surface area contributed by atoms with Gasteiger partial charge in [0.2, 0.25) is 0 Å². The first-order chi connectivity index (χ1) is 8.22. The van der Waals surface area contributed by atoms with Gasteiger partial charge >= 0.3 is 0 Å². The maximum atomic E-state index is 11.9. The predicted octanol–water partition coefficient (Wildman–Crippen LogP) is 0.396. The van der Waals surface area contributed by atoms with Crippen molar-refractivity contribution in [3.63, 3.8) is 0 Å². The summed E-state index contributed by atoms with van der Waals surface area (Å²) in [5.74, 6) is 0. The molecule has 0 aliphatic heterocycles. The number of aliphatic hydroxyl groups excluding tert-OH is 1. The average molecular weight is 234 g/mol. The molecule has 0 aliphatic rings. The van der Waals surface area contributed by atoms with E-state index < -0.39 is 6.10 Å². The Bertz CT molecular complexity index is 624. The zero-order valence-corrected chi connectivity index (χ0v) is 8.82. The number of fused-ring (bicyclic) bond motifs is 1. The Kier molecular flexibility index (Phi) is 3.08. The number of hydrogen-bond acceptors (Lipinski definition) is 4. The Morgan fingerprint density at radius 1 is 1.71 bits per heavy atom. The number of aromatic amines is 1. The molecule has 0 spiro atoms. The Morgan fingerprint density at radius 2 is 2.53 bits per heavy atom. The van der Waals surface area contributed by atoms with Gasteiger partial charge in [0.25, 0.3) is 5.56 Å². The highest BCUT2D eigenvalue weighted by molar-refractivity contribution is 5.73. The lowest BCUT2D eigenvalue weighted by molar-refractivity contribution is 0.160. The molecule has 1 atom stereocenters. The minimum Gasteiger partial charge on any atom is -0.391 e. The van der Waals surface area contributed by atoms with E-state index in [-0.39, 0.29) is 18.6 Å². The molecule has 0 fully saturated rings. The fraction of sp³-hybridized carbons (Fsp3) is 0.333. The zero-order valence-electron chi connectivity index (χ0n) is 8.82. The second-order valence-electron chi connectivity index (χ2n) is 3.51. The highest BCUT2D eigenvalue weighted by Gasteiger charge is 2.08. The maximum absolute atomic E-state index is 11.9. The van der Waals surface area contributed by atoms with Gasteiger partial charge in [0.1, 0.15) is 5.65 Å². The number of rotatable bonds is 4. The SMILES string of the molecule is [N-]=[N+]=NCC(O)Cn1cnc2[nH]ccc2c1=O. The molecule has 0 bridgehead atoms. The minimum absolute atomic E-state index is 0.0476. The molecular weight excluding hydrogens is 224 g/mol. The predicted molar refractivity (Wildman–Crippen MR) is 60.4 cm³/mol. The van der Waals surface area contributed by atoms with Gasteiger partial charge in [-0.15, -0.1) is 0 Å². The summed E-state index contributed by atoms with van der Waals surface area (Å²) in [4.78, 5) is 21.3. The minimum atomic E-state index is -0.901. The third-order valence-corrected chi connectivity index (χ3v) is 2.31. The Hall–Kier alpha value is -2.31. The fourth-order valence-electron chi connectivity index (χ4n) is 1.52. The maximum Gasteiger partial charge on any atom is 0.262 e. The van der Waals surface area contributed by atoms with Gasteiger partial charge in [-0.3, -0.25) is 9.36 Å². The topological polar surface area (TPSA) is 120 Å². The molecule has 17 heavy (non-hydrogen) atoms. The molecule has 2 rings (SSSR count). The molecule has 0 aliphatic carbocycles. The highest BCUT2D eigenvalue weighted by Crippen LogP contribution is 2.02. The van der Waals surface area contributed by atoms with Crippen LogP contribution in [0.4, 0.5) is 0 Å². The molecule has 2 heterocycles. The number of nitrogens with zero attached hydrogens (tertiary/aromatic N) is 5. The van der Waals surface area contributed by atoms with E-state index >= 15 is 0 Å². The Balaban J connectivity index is 2.27. The van der Waals surface area contributed by atoms with Gasteiger partial charge in [-0.25, -0.2) is 4.98 Å². The van der Waals surface area contributed by atoms with E-state index in [1.165, 1.54) is 10.9 Å². The molecule has 2 aromatic heterocycles. The number of H-pyrrole nitrogens is 1. The van der Waals surface area contributed by atoms with Gasteiger partial charge in [-0.05, 0) is 11.6 Å². The van der Waals surface area contributed by atoms with E-state index in [0.717, 1.165) is 0 Å². The first-order valence-corrected chi connectivity index (χ1v) is 4.94. The van der Waals surface area contributed by atoms with Crippen LogP contribution in [0.15, 0.2) is 28.5 Å². The quantitative estimate of drug-likeness (QED) is 0.452. The molecule has 0 aromatic carbocycles. The average Bonchev–Trinajstić information content (AvgIpc) is 2.79. The van der Waals surface area contributed by atoms with Crippen molar-refractivity contribution in [2.75, 3.05) is 6.54 Å². The number of azide groups is 1. The third kappa shape index (κ3) is 2.27. The number of aromatic nitrogens is 3. The lowest BCUT2D eigenvalue weighted by Gasteiger charge is -2.09. The number of hydrogen-bond donors (Lipinski definition) is 2. The van der Waals surface area contributed by atoms with Gasteiger partial charge in [-0.2, -0.15) is 0 Å². The van der Waals surface area contributed by atoms with Crippen LogP contribution in [0.2, 0.25) is 0 Å². The molecule has 0 radical (unpaired) electrons. The molecule has 8 nitrogen and oxygen atoms in total. The Morgan fingerprint density at radius 3 is 3.29 bits per heavy atom. The van der Waals surface area contributed by atoms with Crippen molar-refractivity contribution in [3.05, 3.63) is 39.4 Å². The third-order valence-electron chi connectivity index (χ3n) is 2.31. The van der Waals surface area contributed by atoms with Crippen molar-refractivity contribution >= 4 is 11.0 Å². The van der Waals surface area contributed by atoms with E-state index in [2.05, 4.69) is 20.0 Å². The largest absolute Gasteiger partial charge is 0.391 e. The second kappa shape index (κ2) is 4.69. The molecular formula is C9H10N6O2. The first kappa shape index (κ1) is 11.2. The number of aliphatic hydroxyl groups is 1. The van der Waals surface area contributed by atoms with E-state index in [9.17, 15) is 9.90 Å². The molecule has 8 heteroatoms. The summed E-state index contributed by atoms with van der Waals surface area (Å²) in [6, 6.07) is 1.63. The smallest absolute Gasteiger partial charge is 0.262 e. The van der Waals surface area contributed by atoms with Crippen LogP contribution in [0.1, 0.15) is 0 Å². The molecule has 0 saturated carbocycles. The molecule has 1 unspecified atom stereocenters. The van der Waals surface area contributed by atoms with Crippen molar-refractivity contribution in [2.45, 2.75) is 12.6 Å². The normalized spacial score (nSPS) is 12.3. The summed E-state index contributed by atoms with van der Waals surface area (Å²) < 4.78 is 1.29. The summed E-state index contributed by atoms with van der Waals surface area (Å²) in [6.45, 7) is -0.0277. The van der Waals surface area contributed by atoms with Crippen LogP contribution in [-0.4, -0.2) is 32.3 Å². The van der Waals surface area contributed by atoms with Gasteiger partial charge in [0.05, 0.1) is 30.9 Å². The Labute approximate surface area is 95.2 Å². The van der Waals surface area contributed by atoms with Crippen molar-refractivity contribution in [2.24, 2.45) is 5.11 Å². The van der Waals surface area contributed by atoms with E-state index in [1.54, 1.807) is 12.3 Å². The zero-order chi connectivity index (χ0) is 12.3.